The first-order valence-electron chi connectivity index (χ1n) is 9.17. The van der Waals surface area contributed by atoms with E-state index in [1.165, 1.54) is 11.3 Å². The summed E-state index contributed by atoms with van der Waals surface area (Å²) in [7, 11) is 1.71. The highest BCUT2D eigenvalue weighted by Crippen LogP contribution is 2.41. The summed E-state index contributed by atoms with van der Waals surface area (Å²) in [6.07, 6.45) is 3.67. The van der Waals surface area contributed by atoms with E-state index < -0.39 is 0 Å². The molecule has 8 heteroatoms. The number of aromatic nitrogens is 3. The smallest absolute Gasteiger partial charge is 0.193 e. The van der Waals surface area contributed by atoms with Crippen LogP contribution in [0, 0.1) is 13.8 Å². The third kappa shape index (κ3) is 3.32. The molecule has 0 amide bonds. The molecule has 1 aliphatic heterocycles. The van der Waals surface area contributed by atoms with Crippen LogP contribution in [0.5, 0.6) is 0 Å². The minimum atomic E-state index is -0.0178. The van der Waals surface area contributed by atoms with Crippen molar-refractivity contribution in [1.29, 1.82) is 0 Å². The van der Waals surface area contributed by atoms with Crippen molar-refractivity contribution in [2.24, 2.45) is 0 Å². The lowest BCUT2D eigenvalue weighted by atomic mass is 9.97. The van der Waals surface area contributed by atoms with Gasteiger partial charge in [0.15, 0.2) is 10.2 Å². The SMILES string of the molecule is COCCN1C(=S)N[C@@H](c2ccccn2)[C@@H]1c1cc(C)n(-c2nccs2)c1C. The van der Waals surface area contributed by atoms with E-state index in [1.807, 2.05) is 36.0 Å². The van der Waals surface area contributed by atoms with Crippen LogP contribution in [0.15, 0.2) is 42.0 Å². The van der Waals surface area contributed by atoms with E-state index in [9.17, 15) is 0 Å². The first-order valence-corrected chi connectivity index (χ1v) is 10.5. The Morgan fingerprint density at radius 3 is 2.79 bits per heavy atom. The molecule has 146 valence electrons. The summed E-state index contributed by atoms with van der Waals surface area (Å²) >= 11 is 7.32. The highest BCUT2D eigenvalue weighted by atomic mass is 32.1. The van der Waals surface area contributed by atoms with Gasteiger partial charge < -0.3 is 15.0 Å². The van der Waals surface area contributed by atoms with Gasteiger partial charge in [0.25, 0.3) is 0 Å². The van der Waals surface area contributed by atoms with Gasteiger partial charge in [-0.25, -0.2) is 4.98 Å². The number of hydrogen-bond acceptors (Lipinski definition) is 5. The van der Waals surface area contributed by atoms with Gasteiger partial charge in [-0.2, -0.15) is 0 Å². The molecule has 4 heterocycles. The van der Waals surface area contributed by atoms with Crippen LogP contribution in [-0.2, 0) is 4.74 Å². The number of thiocarbonyl (C=S) groups is 1. The maximum Gasteiger partial charge on any atom is 0.193 e. The van der Waals surface area contributed by atoms with Crippen molar-refractivity contribution in [2.45, 2.75) is 25.9 Å². The molecular weight excluding hydrogens is 390 g/mol. The minimum absolute atomic E-state index is 0.0178. The monoisotopic (exact) mass is 413 g/mol. The Hall–Kier alpha value is -2.29. The molecule has 3 aromatic rings. The lowest BCUT2D eigenvalue weighted by molar-refractivity contribution is 0.164. The fourth-order valence-electron chi connectivity index (χ4n) is 3.88. The number of ether oxygens (including phenoxy) is 1. The molecule has 0 radical (unpaired) electrons. The van der Waals surface area contributed by atoms with Crippen molar-refractivity contribution in [3.8, 4) is 5.13 Å². The molecule has 0 saturated carbocycles. The maximum absolute atomic E-state index is 5.68. The quantitative estimate of drug-likeness (QED) is 0.624. The number of thiazole rings is 1. The van der Waals surface area contributed by atoms with Gasteiger partial charge in [-0.1, -0.05) is 6.07 Å². The molecule has 2 atom stereocenters. The zero-order chi connectivity index (χ0) is 19.7. The van der Waals surface area contributed by atoms with Crippen LogP contribution in [0.3, 0.4) is 0 Å². The first kappa shape index (κ1) is 19.0. The van der Waals surface area contributed by atoms with Crippen molar-refractivity contribution < 1.29 is 4.74 Å². The van der Waals surface area contributed by atoms with Gasteiger partial charge in [0, 0.05) is 42.8 Å². The van der Waals surface area contributed by atoms with Crippen molar-refractivity contribution in [2.75, 3.05) is 20.3 Å². The average Bonchev–Trinajstić information content (AvgIpc) is 3.39. The number of pyridine rings is 1. The molecule has 0 bridgehead atoms. The molecule has 3 aromatic heterocycles. The fraction of sp³-hybridized carbons (Fsp3) is 0.350. The third-order valence-corrected chi connectivity index (χ3v) is 6.24. The van der Waals surface area contributed by atoms with Gasteiger partial charge in [-0.3, -0.25) is 9.55 Å². The van der Waals surface area contributed by atoms with E-state index in [4.69, 9.17) is 17.0 Å². The molecule has 0 spiro atoms. The molecule has 1 saturated heterocycles. The summed E-state index contributed by atoms with van der Waals surface area (Å²) in [4.78, 5) is 11.3. The molecule has 1 aliphatic rings. The Kier molecular flexibility index (Phi) is 5.43. The number of aryl methyl sites for hydroxylation is 1. The van der Waals surface area contributed by atoms with E-state index in [2.05, 4.69) is 44.7 Å². The van der Waals surface area contributed by atoms with Crippen LogP contribution in [0.4, 0.5) is 0 Å². The molecule has 28 heavy (non-hydrogen) atoms. The van der Waals surface area contributed by atoms with Gasteiger partial charge >= 0.3 is 0 Å². The summed E-state index contributed by atoms with van der Waals surface area (Å²) in [6.45, 7) is 5.60. The van der Waals surface area contributed by atoms with Gasteiger partial charge in [0.2, 0.25) is 0 Å². The Bertz CT molecular complexity index is 955. The van der Waals surface area contributed by atoms with Crippen LogP contribution >= 0.6 is 23.6 Å². The standard InChI is InChI=1S/C20H23N5OS2/c1-13-12-15(14(2)25(13)20-22-8-11-28-20)18-17(16-6-4-5-7-21-16)23-19(27)24(18)9-10-26-3/h4-8,11-12,17-18H,9-10H2,1-3H3,(H,23,27)/t17-,18-/m0/s1. The molecule has 1 fully saturated rings. The Morgan fingerprint density at radius 2 is 2.11 bits per heavy atom. The van der Waals surface area contributed by atoms with E-state index in [0.717, 1.165) is 28.2 Å². The van der Waals surface area contributed by atoms with Crippen molar-refractivity contribution >= 4 is 28.7 Å². The topological polar surface area (TPSA) is 55.2 Å². The summed E-state index contributed by atoms with van der Waals surface area (Å²) < 4.78 is 7.55. The van der Waals surface area contributed by atoms with Gasteiger partial charge in [-0.15, -0.1) is 11.3 Å². The van der Waals surface area contributed by atoms with E-state index in [-0.39, 0.29) is 12.1 Å². The third-order valence-electron chi connectivity index (χ3n) is 5.13. The van der Waals surface area contributed by atoms with Crippen LogP contribution in [0.25, 0.3) is 5.13 Å². The van der Waals surface area contributed by atoms with Crippen LogP contribution in [-0.4, -0.2) is 44.8 Å². The van der Waals surface area contributed by atoms with Crippen molar-refractivity contribution in [3.63, 3.8) is 0 Å². The predicted molar refractivity (Wildman–Crippen MR) is 115 cm³/mol. The number of hydrogen-bond donors (Lipinski definition) is 1. The molecule has 6 nitrogen and oxygen atoms in total. The zero-order valence-corrected chi connectivity index (χ0v) is 17.8. The second-order valence-electron chi connectivity index (χ2n) is 6.79. The summed E-state index contributed by atoms with van der Waals surface area (Å²) in [5, 5.41) is 7.20. The number of methoxy groups -OCH3 is 1. The molecule has 0 unspecified atom stereocenters. The minimum Gasteiger partial charge on any atom is -0.383 e. The molecule has 0 aromatic carbocycles. The summed E-state index contributed by atoms with van der Waals surface area (Å²) in [5.41, 5.74) is 4.54. The second-order valence-corrected chi connectivity index (χ2v) is 8.05. The Balaban J connectivity index is 1.81. The van der Waals surface area contributed by atoms with Crippen molar-refractivity contribution in [1.82, 2.24) is 24.8 Å². The fourth-order valence-corrected chi connectivity index (χ4v) is 4.97. The molecule has 1 N–H and O–H groups in total. The summed E-state index contributed by atoms with van der Waals surface area (Å²) in [6, 6.07) is 8.26. The average molecular weight is 414 g/mol. The Morgan fingerprint density at radius 1 is 1.25 bits per heavy atom. The number of nitrogens with one attached hydrogen (secondary N) is 1. The van der Waals surface area contributed by atoms with Gasteiger partial charge in [-0.05, 0) is 49.8 Å². The van der Waals surface area contributed by atoms with Crippen LogP contribution in [0.2, 0.25) is 0 Å². The van der Waals surface area contributed by atoms with Crippen LogP contribution in [0.1, 0.15) is 34.7 Å². The number of rotatable bonds is 6. The van der Waals surface area contributed by atoms with E-state index >= 15 is 0 Å². The molecule has 0 aliphatic carbocycles. The molecule has 4 rings (SSSR count). The Labute approximate surface area is 174 Å². The lowest BCUT2D eigenvalue weighted by Gasteiger charge is -2.27. The van der Waals surface area contributed by atoms with E-state index in [0.29, 0.717) is 6.61 Å². The van der Waals surface area contributed by atoms with Crippen molar-refractivity contribution in [3.05, 3.63) is 64.7 Å². The zero-order valence-electron chi connectivity index (χ0n) is 16.1. The largest absolute Gasteiger partial charge is 0.383 e. The van der Waals surface area contributed by atoms with Crippen LogP contribution < -0.4 is 5.32 Å². The van der Waals surface area contributed by atoms with Gasteiger partial charge in [0.05, 0.1) is 24.4 Å². The first-order chi connectivity index (χ1) is 13.6. The normalized spacial score (nSPS) is 19.2. The van der Waals surface area contributed by atoms with E-state index in [1.54, 1.807) is 18.4 Å². The highest BCUT2D eigenvalue weighted by Gasteiger charge is 2.41. The lowest BCUT2D eigenvalue weighted by Crippen LogP contribution is -2.32. The second kappa shape index (κ2) is 7.98. The molecular formula is C20H23N5OS2. The summed E-state index contributed by atoms with van der Waals surface area (Å²) in [5.74, 6) is 0. The number of nitrogens with zero attached hydrogens (tertiary/aromatic N) is 4. The highest BCUT2D eigenvalue weighted by molar-refractivity contribution is 7.80. The van der Waals surface area contributed by atoms with Gasteiger partial charge in [0.1, 0.15) is 0 Å². The predicted octanol–water partition coefficient (Wildman–Crippen LogP) is 3.56. The maximum atomic E-state index is 5.68.